The van der Waals surface area contributed by atoms with Gasteiger partial charge >= 0.3 is 0 Å². The van der Waals surface area contributed by atoms with Crippen LogP contribution in [-0.4, -0.2) is 0 Å². The summed E-state index contributed by atoms with van der Waals surface area (Å²) in [6.07, 6.45) is 11.1. The van der Waals surface area contributed by atoms with E-state index < -0.39 is 0 Å². The number of halogens is 3. The van der Waals surface area contributed by atoms with E-state index in [1.54, 1.807) is 0 Å². The van der Waals surface area contributed by atoms with Crippen LogP contribution in [0, 0.1) is 6.08 Å². The molecule has 1 aliphatic carbocycles. The monoisotopic (exact) mass is 305 g/mol. The van der Waals surface area contributed by atoms with E-state index in [4.69, 9.17) is 0 Å². The van der Waals surface area contributed by atoms with Crippen LogP contribution >= 0.6 is 37.2 Å². The van der Waals surface area contributed by atoms with Crippen molar-refractivity contribution in [1.82, 2.24) is 0 Å². The minimum Gasteiger partial charge on any atom is -0.269 e. The maximum absolute atomic E-state index is 3.26. The van der Waals surface area contributed by atoms with E-state index in [9.17, 15) is 0 Å². The summed E-state index contributed by atoms with van der Waals surface area (Å²) in [7, 11) is 0. The van der Waals surface area contributed by atoms with Gasteiger partial charge in [-0.15, -0.1) is 43.6 Å². The Labute approximate surface area is 113 Å². The van der Waals surface area contributed by atoms with Crippen molar-refractivity contribution in [3.8, 4) is 0 Å². The molecule has 4 heteroatoms. The summed E-state index contributed by atoms with van der Waals surface area (Å²) in [6.45, 7) is 2.20. The Kier molecular flexibility index (Phi) is 28.5. The van der Waals surface area contributed by atoms with Gasteiger partial charge in [0.2, 0.25) is 0 Å². The van der Waals surface area contributed by atoms with Crippen LogP contribution in [0.5, 0.6) is 0 Å². The zero-order valence-corrected chi connectivity index (χ0v) is 11.9. The van der Waals surface area contributed by atoms with E-state index in [1.165, 1.54) is 18.4 Å². The summed E-state index contributed by atoms with van der Waals surface area (Å²) >= 11 is 0. The molecule has 0 aromatic carbocycles. The molecule has 1 rings (SSSR count). The molecular formula is C8H14Cl3Zr-. The molecule has 0 atom stereocenters. The first-order valence-corrected chi connectivity index (χ1v) is 3.19. The van der Waals surface area contributed by atoms with Crippen LogP contribution < -0.4 is 0 Å². The van der Waals surface area contributed by atoms with Crippen LogP contribution in [0.2, 0.25) is 0 Å². The van der Waals surface area contributed by atoms with Crippen LogP contribution in [0.1, 0.15) is 26.2 Å². The molecule has 0 heterocycles. The van der Waals surface area contributed by atoms with Crippen LogP contribution in [-0.2, 0) is 26.2 Å². The maximum Gasteiger partial charge on any atom is 0 e. The second-order valence-electron chi connectivity index (χ2n) is 2.06. The molecular weight excluding hydrogens is 294 g/mol. The summed E-state index contributed by atoms with van der Waals surface area (Å²) < 4.78 is 0. The van der Waals surface area contributed by atoms with Gasteiger partial charge in [0, 0.05) is 26.2 Å². The van der Waals surface area contributed by atoms with E-state index in [2.05, 4.69) is 25.2 Å². The number of hydrogen-bond donors (Lipinski definition) is 0. The molecule has 0 fully saturated rings. The first-order chi connectivity index (χ1) is 3.93. The molecule has 0 bridgehead atoms. The van der Waals surface area contributed by atoms with E-state index in [0.29, 0.717) is 0 Å². The van der Waals surface area contributed by atoms with Gasteiger partial charge in [0.25, 0.3) is 0 Å². The van der Waals surface area contributed by atoms with Gasteiger partial charge in [0.1, 0.15) is 0 Å². The maximum atomic E-state index is 3.26. The fourth-order valence-electron chi connectivity index (χ4n) is 0.891. The third kappa shape index (κ3) is 9.32. The first-order valence-electron chi connectivity index (χ1n) is 3.19. The van der Waals surface area contributed by atoms with Crippen molar-refractivity contribution in [1.29, 1.82) is 0 Å². The molecule has 1 aliphatic rings. The van der Waals surface area contributed by atoms with Crippen molar-refractivity contribution in [3.63, 3.8) is 0 Å². The predicted molar refractivity (Wildman–Crippen MR) is 57.2 cm³/mol. The second kappa shape index (κ2) is 14.7. The molecule has 0 spiro atoms. The van der Waals surface area contributed by atoms with Crippen molar-refractivity contribution >= 4 is 37.2 Å². The molecule has 0 radical (unpaired) electrons. The van der Waals surface area contributed by atoms with Crippen molar-refractivity contribution in [2.45, 2.75) is 26.2 Å². The summed E-state index contributed by atoms with van der Waals surface area (Å²) in [4.78, 5) is 0. The average Bonchev–Trinajstić information content (AvgIpc) is 2.19. The zero-order valence-electron chi connectivity index (χ0n) is 7.00. The Morgan fingerprint density at radius 2 is 1.92 bits per heavy atom. The van der Waals surface area contributed by atoms with Crippen LogP contribution in [0.25, 0.3) is 0 Å². The Morgan fingerprint density at radius 3 is 2.25 bits per heavy atom. The van der Waals surface area contributed by atoms with Gasteiger partial charge in [-0.2, -0.15) is 6.08 Å². The summed E-state index contributed by atoms with van der Waals surface area (Å²) in [5, 5.41) is 0. The molecule has 0 nitrogen and oxygen atoms in total. The minimum atomic E-state index is 0. The van der Waals surface area contributed by atoms with Gasteiger partial charge in [-0.05, 0) is 0 Å². The molecule has 0 saturated heterocycles. The van der Waals surface area contributed by atoms with Gasteiger partial charge in [-0.25, -0.2) is 11.6 Å². The van der Waals surface area contributed by atoms with Gasteiger partial charge < -0.3 is 0 Å². The Bertz CT molecular complexity index is 132. The van der Waals surface area contributed by atoms with E-state index in [-0.39, 0.29) is 63.4 Å². The Hall–Kier alpha value is 1.23. The van der Waals surface area contributed by atoms with Gasteiger partial charge in [-0.1, -0.05) is 19.8 Å². The predicted octanol–water partition coefficient (Wildman–Crippen LogP) is 3.74. The van der Waals surface area contributed by atoms with E-state index in [0.717, 1.165) is 6.42 Å². The molecule has 0 amide bonds. The SMILES string of the molecule is CCCC1=[C-]CC=C1.Cl.Cl.Cl.[Zr]. The molecule has 0 unspecified atom stereocenters. The fourth-order valence-corrected chi connectivity index (χ4v) is 0.891. The quantitative estimate of drug-likeness (QED) is 0.682. The standard InChI is InChI=1S/C8H11.3ClH.Zr/c1-2-5-8-6-3-4-7-8;;;;/h3,6H,2,4-5H2,1H3;3*1H;/q-1;;;;. The third-order valence-corrected chi connectivity index (χ3v) is 1.29. The van der Waals surface area contributed by atoms with Crippen LogP contribution in [0.4, 0.5) is 0 Å². The van der Waals surface area contributed by atoms with Gasteiger partial charge in [0.05, 0.1) is 0 Å². The second-order valence-corrected chi connectivity index (χ2v) is 2.06. The zero-order chi connectivity index (χ0) is 5.82. The molecule has 72 valence electrons. The van der Waals surface area contributed by atoms with E-state index in [1.807, 2.05) is 0 Å². The van der Waals surface area contributed by atoms with Gasteiger partial charge in [0.15, 0.2) is 0 Å². The fraction of sp³-hybridized carbons (Fsp3) is 0.500. The number of rotatable bonds is 2. The Morgan fingerprint density at radius 1 is 1.33 bits per heavy atom. The third-order valence-electron chi connectivity index (χ3n) is 1.29. The molecule has 0 aromatic heterocycles. The van der Waals surface area contributed by atoms with Crippen molar-refractivity contribution in [3.05, 3.63) is 23.8 Å². The molecule has 0 aromatic rings. The van der Waals surface area contributed by atoms with Gasteiger partial charge in [-0.3, -0.25) is 6.08 Å². The number of allylic oxidation sites excluding steroid dienone is 4. The van der Waals surface area contributed by atoms with Crippen molar-refractivity contribution in [2.24, 2.45) is 0 Å². The number of hydrogen-bond acceptors (Lipinski definition) is 0. The summed E-state index contributed by atoms with van der Waals surface area (Å²) in [6, 6.07) is 0. The molecule has 0 saturated carbocycles. The van der Waals surface area contributed by atoms with Crippen molar-refractivity contribution in [2.75, 3.05) is 0 Å². The first kappa shape index (κ1) is 23.2. The van der Waals surface area contributed by atoms with E-state index >= 15 is 0 Å². The Balaban J connectivity index is -0.0000000800. The molecule has 0 aliphatic heterocycles. The normalized spacial score (nSPS) is 11.2. The van der Waals surface area contributed by atoms with Crippen LogP contribution in [0.15, 0.2) is 17.7 Å². The summed E-state index contributed by atoms with van der Waals surface area (Å²) in [5.41, 5.74) is 1.40. The van der Waals surface area contributed by atoms with Crippen molar-refractivity contribution < 1.29 is 26.2 Å². The largest absolute Gasteiger partial charge is 0.269 e. The average molecular weight is 308 g/mol. The minimum absolute atomic E-state index is 0. The van der Waals surface area contributed by atoms with Crippen LogP contribution in [0.3, 0.4) is 0 Å². The smallest absolute Gasteiger partial charge is 0 e. The molecule has 12 heavy (non-hydrogen) atoms. The summed E-state index contributed by atoms with van der Waals surface area (Å²) in [5.74, 6) is 0. The molecule has 0 N–H and O–H groups in total. The topological polar surface area (TPSA) is 0 Å².